The molecule has 6 heteroatoms. The molecule has 4 rings (SSSR count). The van der Waals surface area contributed by atoms with Crippen molar-refractivity contribution < 1.29 is 4.79 Å². The second-order valence-corrected chi connectivity index (χ2v) is 7.23. The summed E-state index contributed by atoms with van der Waals surface area (Å²) in [6.45, 7) is 0. The Labute approximate surface area is 149 Å². The molecule has 0 spiro atoms. The van der Waals surface area contributed by atoms with Crippen LogP contribution in [0.5, 0.6) is 0 Å². The van der Waals surface area contributed by atoms with Gasteiger partial charge in [-0.1, -0.05) is 59.9 Å². The first-order valence-electron chi connectivity index (χ1n) is 7.57. The first-order valence-corrected chi connectivity index (χ1v) is 8.79. The number of carbonyl (C=O) groups excluding carboxylic acids is 1. The first kappa shape index (κ1) is 15.1. The average molecular weight is 353 g/mol. The molecule has 0 saturated heterocycles. The lowest BCUT2D eigenvalue weighted by Gasteiger charge is -2.34. The van der Waals surface area contributed by atoms with Gasteiger partial charge in [0.2, 0.25) is 0 Å². The molecular weight excluding hydrogens is 338 g/mol. The summed E-state index contributed by atoms with van der Waals surface area (Å²) in [5.41, 5.74) is 1.99. The van der Waals surface area contributed by atoms with Gasteiger partial charge >= 0.3 is 0 Å². The van der Waals surface area contributed by atoms with Crippen LogP contribution in [0.1, 0.15) is 21.4 Å². The minimum absolute atomic E-state index is 0.0108. The van der Waals surface area contributed by atoms with Gasteiger partial charge < -0.3 is 10.2 Å². The Hall–Kier alpha value is -2.44. The normalized spacial score (nSPS) is 16.6. The number of para-hydroxylation sites is 1. The number of thiazole rings is 1. The Balaban J connectivity index is 1.87. The van der Waals surface area contributed by atoms with E-state index in [1.54, 1.807) is 4.90 Å². The second-order valence-electron chi connectivity index (χ2n) is 5.59. The zero-order chi connectivity index (χ0) is 16.7. The summed E-state index contributed by atoms with van der Waals surface area (Å²) >= 11 is 6.87. The van der Waals surface area contributed by atoms with Gasteiger partial charge in [-0.3, -0.25) is 9.36 Å². The fourth-order valence-corrected chi connectivity index (χ4v) is 4.29. The highest BCUT2D eigenvalue weighted by Gasteiger charge is 2.34. The monoisotopic (exact) mass is 353 g/mol. The molecule has 0 saturated carbocycles. The van der Waals surface area contributed by atoms with Crippen molar-refractivity contribution in [3.8, 4) is 5.69 Å². The van der Waals surface area contributed by atoms with Crippen LogP contribution >= 0.6 is 23.6 Å². The third kappa shape index (κ3) is 2.35. The predicted octanol–water partition coefficient (Wildman–Crippen LogP) is 4.46. The molecule has 4 nitrogen and oxygen atoms in total. The van der Waals surface area contributed by atoms with Crippen LogP contribution in [0.3, 0.4) is 0 Å². The lowest BCUT2D eigenvalue weighted by molar-refractivity contribution is 0.0739. The highest BCUT2D eigenvalue weighted by molar-refractivity contribution is 7.73. The summed E-state index contributed by atoms with van der Waals surface area (Å²) in [5.74, 6) is 0.761. The number of amides is 1. The molecule has 1 atom stereocenters. The zero-order valence-electron chi connectivity index (χ0n) is 13.0. The Bertz CT molecular complexity index is 947. The van der Waals surface area contributed by atoms with E-state index < -0.39 is 0 Å². The van der Waals surface area contributed by atoms with Gasteiger partial charge in [0.1, 0.15) is 16.9 Å². The van der Waals surface area contributed by atoms with Crippen molar-refractivity contribution in [1.82, 2.24) is 9.47 Å². The summed E-state index contributed by atoms with van der Waals surface area (Å²) in [4.78, 5) is 15.2. The van der Waals surface area contributed by atoms with Gasteiger partial charge in [-0.2, -0.15) is 0 Å². The SMILES string of the molecule is CN1C(=O)c2sc(=S)n(-c3ccccc3)c2NC1c1ccccc1. The third-order valence-electron chi connectivity index (χ3n) is 4.12. The summed E-state index contributed by atoms with van der Waals surface area (Å²) in [5, 5.41) is 3.49. The molecule has 1 aromatic heterocycles. The fraction of sp³-hybridized carbons (Fsp3) is 0.111. The van der Waals surface area contributed by atoms with Crippen molar-refractivity contribution in [2.45, 2.75) is 6.17 Å². The zero-order valence-corrected chi connectivity index (χ0v) is 14.6. The van der Waals surface area contributed by atoms with Crippen LogP contribution in [-0.2, 0) is 0 Å². The van der Waals surface area contributed by atoms with Crippen molar-refractivity contribution in [3.05, 3.63) is 75.1 Å². The number of anilines is 1. The van der Waals surface area contributed by atoms with Crippen LogP contribution in [0, 0.1) is 3.95 Å². The van der Waals surface area contributed by atoms with Gasteiger partial charge in [0.05, 0.1) is 0 Å². The fourth-order valence-electron chi connectivity index (χ4n) is 2.91. The Morgan fingerprint density at radius 3 is 2.33 bits per heavy atom. The van der Waals surface area contributed by atoms with Gasteiger partial charge in [-0.25, -0.2) is 0 Å². The number of carbonyl (C=O) groups is 1. The molecule has 1 N–H and O–H groups in total. The van der Waals surface area contributed by atoms with Crippen LogP contribution in [0.4, 0.5) is 5.82 Å². The number of nitrogens with one attached hydrogen (secondary N) is 1. The predicted molar refractivity (Wildman–Crippen MR) is 99.4 cm³/mol. The van der Waals surface area contributed by atoms with E-state index in [1.807, 2.05) is 72.3 Å². The molecule has 0 aliphatic carbocycles. The van der Waals surface area contributed by atoms with E-state index in [0.29, 0.717) is 8.83 Å². The van der Waals surface area contributed by atoms with E-state index >= 15 is 0 Å². The summed E-state index contributed by atoms with van der Waals surface area (Å²) in [6, 6.07) is 19.8. The van der Waals surface area contributed by atoms with Crippen LogP contribution in [-0.4, -0.2) is 22.4 Å². The molecule has 0 radical (unpaired) electrons. The lowest BCUT2D eigenvalue weighted by Crippen LogP contribution is -2.40. The first-order chi connectivity index (χ1) is 11.7. The molecule has 1 unspecified atom stereocenters. The van der Waals surface area contributed by atoms with E-state index in [4.69, 9.17) is 12.2 Å². The number of fused-ring (bicyclic) bond motifs is 1. The number of rotatable bonds is 2. The van der Waals surface area contributed by atoms with Crippen LogP contribution in [0.25, 0.3) is 5.69 Å². The second kappa shape index (κ2) is 5.89. The maximum atomic E-state index is 12.8. The van der Waals surface area contributed by atoms with Crippen molar-refractivity contribution in [2.75, 3.05) is 12.4 Å². The third-order valence-corrected chi connectivity index (χ3v) is 5.48. The maximum Gasteiger partial charge on any atom is 0.269 e. The molecule has 2 aromatic carbocycles. The average Bonchev–Trinajstić information content (AvgIpc) is 2.96. The quantitative estimate of drug-likeness (QED) is 0.691. The van der Waals surface area contributed by atoms with E-state index in [1.165, 1.54) is 11.3 Å². The van der Waals surface area contributed by atoms with E-state index in [2.05, 4.69) is 5.32 Å². The molecule has 120 valence electrons. The standard InChI is InChI=1S/C18H15N3OS2/c1-20-15(12-8-4-2-5-9-12)19-16-14(17(20)22)24-18(23)21(16)13-10-6-3-7-11-13/h2-11,15,19H,1H3. The van der Waals surface area contributed by atoms with E-state index in [-0.39, 0.29) is 12.1 Å². The van der Waals surface area contributed by atoms with Crippen LogP contribution < -0.4 is 5.32 Å². The molecule has 1 amide bonds. The van der Waals surface area contributed by atoms with Gasteiger partial charge in [0, 0.05) is 12.7 Å². The van der Waals surface area contributed by atoms with Gasteiger partial charge in [-0.05, 0) is 29.9 Å². The Morgan fingerprint density at radius 2 is 1.67 bits per heavy atom. The molecule has 24 heavy (non-hydrogen) atoms. The molecule has 1 aliphatic heterocycles. The smallest absolute Gasteiger partial charge is 0.269 e. The minimum atomic E-state index is -0.217. The molecule has 0 bridgehead atoms. The van der Waals surface area contributed by atoms with Gasteiger partial charge in [0.25, 0.3) is 5.91 Å². The minimum Gasteiger partial charge on any atom is -0.346 e. The highest BCUT2D eigenvalue weighted by Crippen LogP contribution is 2.37. The van der Waals surface area contributed by atoms with E-state index in [0.717, 1.165) is 17.1 Å². The van der Waals surface area contributed by atoms with Crippen molar-refractivity contribution in [2.24, 2.45) is 0 Å². The van der Waals surface area contributed by atoms with Crippen LogP contribution in [0.15, 0.2) is 60.7 Å². The van der Waals surface area contributed by atoms with Gasteiger partial charge in [0.15, 0.2) is 3.95 Å². The number of nitrogens with zero attached hydrogens (tertiary/aromatic N) is 2. The van der Waals surface area contributed by atoms with Crippen LogP contribution in [0.2, 0.25) is 0 Å². The van der Waals surface area contributed by atoms with Gasteiger partial charge in [-0.15, -0.1) is 0 Å². The number of hydrogen-bond acceptors (Lipinski definition) is 4. The molecule has 2 heterocycles. The highest BCUT2D eigenvalue weighted by atomic mass is 32.1. The largest absolute Gasteiger partial charge is 0.346 e. The molecule has 3 aromatic rings. The topological polar surface area (TPSA) is 37.3 Å². The maximum absolute atomic E-state index is 12.8. The van der Waals surface area contributed by atoms with E-state index in [9.17, 15) is 4.79 Å². The van der Waals surface area contributed by atoms with Crippen molar-refractivity contribution in [3.63, 3.8) is 0 Å². The Morgan fingerprint density at radius 1 is 1.04 bits per heavy atom. The number of aromatic nitrogens is 1. The summed E-state index contributed by atoms with van der Waals surface area (Å²) < 4.78 is 2.60. The molecule has 1 aliphatic rings. The number of hydrogen-bond donors (Lipinski definition) is 1. The summed E-state index contributed by atoms with van der Waals surface area (Å²) in [7, 11) is 1.81. The number of benzene rings is 2. The molecule has 0 fully saturated rings. The summed E-state index contributed by atoms with van der Waals surface area (Å²) in [6.07, 6.45) is -0.217. The van der Waals surface area contributed by atoms with Crippen molar-refractivity contribution in [1.29, 1.82) is 0 Å². The lowest BCUT2D eigenvalue weighted by atomic mass is 10.1. The molecular formula is C18H15N3OS2. The van der Waals surface area contributed by atoms with Crippen molar-refractivity contribution >= 4 is 35.3 Å². The Kier molecular flexibility index (Phi) is 3.70.